The average Bonchev–Trinajstić information content (AvgIpc) is 2.77. The van der Waals surface area contributed by atoms with Crippen LogP contribution in [0.5, 0.6) is 0 Å². The number of carbonyl (C=O) groups is 1. The number of carbonyl (C=O) groups excluding carboxylic acids is 1. The van der Waals surface area contributed by atoms with Crippen LogP contribution in [0, 0.1) is 17.5 Å². The molecule has 3 nitrogen and oxygen atoms in total. The summed E-state index contributed by atoms with van der Waals surface area (Å²) >= 11 is 0. The van der Waals surface area contributed by atoms with Crippen molar-refractivity contribution in [2.45, 2.75) is 31.0 Å². The lowest BCUT2D eigenvalue weighted by Crippen LogP contribution is -2.39. The summed E-state index contributed by atoms with van der Waals surface area (Å²) in [6, 6.07) is 1.33. The number of alkyl halides is 9. The second-order valence-electron chi connectivity index (χ2n) is 7.70. The fourth-order valence-electron chi connectivity index (χ4n) is 3.09. The number of amides is 1. The summed E-state index contributed by atoms with van der Waals surface area (Å²) in [7, 11) is 0. The fraction of sp³-hybridized carbons (Fsp3) is 0.318. The summed E-state index contributed by atoms with van der Waals surface area (Å²) < 4.78 is 172. The van der Waals surface area contributed by atoms with Gasteiger partial charge in [0.25, 0.3) is 0 Å². The van der Waals surface area contributed by atoms with Gasteiger partial charge in [0.05, 0.1) is 12.1 Å². The molecule has 0 aliphatic rings. The number of nitrogens with one attached hydrogen (secondary N) is 2. The highest BCUT2D eigenvalue weighted by Crippen LogP contribution is 2.40. The van der Waals surface area contributed by atoms with E-state index in [0.717, 1.165) is 0 Å². The van der Waals surface area contributed by atoms with Gasteiger partial charge in [0.1, 0.15) is 18.3 Å². The van der Waals surface area contributed by atoms with Gasteiger partial charge in [0.15, 0.2) is 17.5 Å². The van der Waals surface area contributed by atoms with E-state index in [2.05, 4.69) is 5.32 Å². The van der Waals surface area contributed by atoms with Crippen LogP contribution >= 0.6 is 0 Å². The van der Waals surface area contributed by atoms with E-state index in [-0.39, 0.29) is 24.3 Å². The van der Waals surface area contributed by atoms with Gasteiger partial charge in [-0.05, 0) is 35.4 Å². The number of rotatable bonds is 8. The van der Waals surface area contributed by atoms with Crippen LogP contribution in [0.1, 0.15) is 28.2 Å². The Morgan fingerprint density at radius 1 is 0.895 bits per heavy atom. The number of allylic oxidation sites excluding steroid dienone is 1. The number of benzene rings is 2. The standard InChI is InChI=1S/C22H15F13N2O/c23-15(6-14(22(33,34)35)12-4-16(24)19(26)17(25)5-12)10-1-2-11(13(3-10)21(30,31)32)7-36-8-18(38)37-9-20(27,28)29/h1-6,14,36H,7-9H2,(H,37,38)/b15-6-. The molecule has 2 N–H and O–H groups in total. The van der Waals surface area contributed by atoms with Gasteiger partial charge in [-0.2, -0.15) is 39.5 Å². The fourth-order valence-corrected chi connectivity index (χ4v) is 3.09. The highest BCUT2D eigenvalue weighted by Gasteiger charge is 2.41. The lowest BCUT2D eigenvalue weighted by atomic mass is 9.95. The number of hydrogen-bond acceptors (Lipinski definition) is 2. The molecule has 0 radical (unpaired) electrons. The molecule has 0 saturated carbocycles. The van der Waals surface area contributed by atoms with Crippen molar-refractivity contribution in [2.75, 3.05) is 13.1 Å². The molecule has 0 aromatic heterocycles. The van der Waals surface area contributed by atoms with Crippen molar-refractivity contribution < 1.29 is 61.9 Å². The Morgan fingerprint density at radius 3 is 1.97 bits per heavy atom. The Morgan fingerprint density at radius 2 is 1.47 bits per heavy atom. The predicted molar refractivity (Wildman–Crippen MR) is 106 cm³/mol. The number of hydrogen-bond donors (Lipinski definition) is 2. The van der Waals surface area contributed by atoms with E-state index in [4.69, 9.17) is 0 Å². The first kappa shape index (κ1) is 30.9. The van der Waals surface area contributed by atoms with Crippen LogP contribution in [0.15, 0.2) is 36.4 Å². The minimum atomic E-state index is -5.39. The SMILES string of the molecule is O=C(CNCc1ccc(/C(F)=C/C(c2cc(F)c(F)c(F)c2)C(F)(F)F)cc1C(F)(F)F)NCC(F)(F)F. The van der Waals surface area contributed by atoms with Crippen molar-refractivity contribution in [3.8, 4) is 0 Å². The van der Waals surface area contributed by atoms with Gasteiger partial charge in [-0.15, -0.1) is 0 Å². The quantitative estimate of drug-likeness (QED) is 0.280. The summed E-state index contributed by atoms with van der Waals surface area (Å²) in [4.78, 5) is 11.4. The topological polar surface area (TPSA) is 41.1 Å². The highest BCUT2D eigenvalue weighted by molar-refractivity contribution is 5.78. The molecule has 38 heavy (non-hydrogen) atoms. The van der Waals surface area contributed by atoms with Crippen molar-refractivity contribution in [1.29, 1.82) is 0 Å². The highest BCUT2D eigenvalue weighted by atomic mass is 19.4. The third kappa shape index (κ3) is 8.63. The van der Waals surface area contributed by atoms with Crippen LogP contribution < -0.4 is 10.6 Å². The molecule has 1 unspecified atom stereocenters. The molecule has 210 valence electrons. The van der Waals surface area contributed by atoms with Crippen molar-refractivity contribution in [3.63, 3.8) is 0 Å². The molecule has 2 aromatic rings. The van der Waals surface area contributed by atoms with Gasteiger partial charge in [-0.1, -0.05) is 12.1 Å². The lowest BCUT2D eigenvalue weighted by Gasteiger charge is -2.19. The average molecular weight is 570 g/mol. The van der Waals surface area contributed by atoms with E-state index in [0.29, 0.717) is 12.1 Å². The maximum Gasteiger partial charge on any atom is 0.416 e. The zero-order valence-corrected chi connectivity index (χ0v) is 18.5. The second-order valence-corrected chi connectivity index (χ2v) is 7.70. The van der Waals surface area contributed by atoms with E-state index in [1.165, 1.54) is 5.32 Å². The molecule has 0 heterocycles. The van der Waals surface area contributed by atoms with Gasteiger partial charge in [0.2, 0.25) is 5.91 Å². The van der Waals surface area contributed by atoms with Gasteiger partial charge >= 0.3 is 18.5 Å². The molecule has 2 rings (SSSR count). The molecule has 0 bridgehead atoms. The second kappa shape index (κ2) is 11.6. The largest absolute Gasteiger partial charge is 0.416 e. The predicted octanol–water partition coefficient (Wildman–Crippen LogP) is 6.55. The molecule has 16 heteroatoms. The Balaban J connectivity index is 2.34. The molecular formula is C22H15F13N2O. The molecule has 0 aliphatic carbocycles. The normalized spacial score (nSPS) is 14.0. The van der Waals surface area contributed by atoms with Gasteiger partial charge < -0.3 is 10.6 Å². The van der Waals surface area contributed by atoms with Crippen molar-refractivity contribution in [2.24, 2.45) is 0 Å². The van der Waals surface area contributed by atoms with Crippen LogP contribution in [0.3, 0.4) is 0 Å². The maximum atomic E-state index is 14.7. The smallest absolute Gasteiger partial charge is 0.346 e. The van der Waals surface area contributed by atoms with Crippen LogP contribution in [-0.4, -0.2) is 31.3 Å². The Labute approximate surface area is 205 Å². The summed E-state index contributed by atoms with van der Waals surface area (Å²) in [5.41, 5.74) is -4.46. The zero-order chi connectivity index (χ0) is 29.1. The van der Waals surface area contributed by atoms with E-state index >= 15 is 0 Å². The maximum absolute atomic E-state index is 14.7. The van der Waals surface area contributed by atoms with Gasteiger partial charge in [-0.3, -0.25) is 4.79 Å². The molecule has 1 atom stereocenters. The number of halogens is 13. The molecule has 0 aliphatic heterocycles. The monoisotopic (exact) mass is 570 g/mol. The molecule has 0 saturated heterocycles. The third-order valence-corrected chi connectivity index (χ3v) is 4.81. The Bertz CT molecular complexity index is 1160. The minimum absolute atomic E-state index is 0.0406. The van der Waals surface area contributed by atoms with Crippen LogP contribution in [0.25, 0.3) is 5.83 Å². The summed E-state index contributed by atoms with van der Waals surface area (Å²) in [6.45, 7) is -3.27. The first-order valence-electron chi connectivity index (χ1n) is 10.1. The van der Waals surface area contributed by atoms with E-state index in [9.17, 15) is 61.9 Å². The van der Waals surface area contributed by atoms with Gasteiger partial charge in [-0.25, -0.2) is 17.6 Å². The lowest BCUT2D eigenvalue weighted by molar-refractivity contribution is -0.140. The molecular weight excluding hydrogens is 555 g/mol. The molecule has 2 aromatic carbocycles. The molecule has 0 spiro atoms. The minimum Gasteiger partial charge on any atom is -0.346 e. The Kier molecular flexibility index (Phi) is 9.45. The summed E-state index contributed by atoms with van der Waals surface area (Å²) in [5.74, 6) is -12.2. The van der Waals surface area contributed by atoms with Crippen molar-refractivity contribution >= 4 is 11.7 Å². The molecule has 0 fully saturated rings. The zero-order valence-electron chi connectivity index (χ0n) is 18.5. The van der Waals surface area contributed by atoms with Gasteiger partial charge in [0, 0.05) is 12.1 Å². The summed E-state index contributed by atoms with van der Waals surface area (Å²) in [6.07, 6.45) is -15.5. The van der Waals surface area contributed by atoms with Crippen LogP contribution in [0.4, 0.5) is 57.1 Å². The third-order valence-electron chi connectivity index (χ3n) is 4.81. The first-order chi connectivity index (χ1) is 17.3. The first-order valence-corrected chi connectivity index (χ1v) is 10.1. The molecule has 1 amide bonds. The van der Waals surface area contributed by atoms with Crippen molar-refractivity contribution in [1.82, 2.24) is 10.6 Å². The van der Waals surface area contributed by atoms with Crippen LogP contribution in [-0.2, 0) is 17.5 Å². The summed E-state index contributed by atoms with van der Waals surface area (Å²) in [5, 5.41) is 3.62. The van der Waals surface area contributed by atoms with Crippen molar-refractivity contribution in [3.05, 3.63) is 76.1 Å². The van der Waals surface area contributed by atoms with Crippen LogP contribution in [0.2, 0.25) is 0 Å². The van der Waals surface area contributed by atoms with E-state index in [1.54, 1.807) is 0 Å². The van der Waals surface area contributed by atoms with E-state index in [1.807, 2.05) is 0 Å². The van der Waals surface area contributed by atoms with E-state index < -0.39 is 95.5 Å². The Hall–Kier alpha value is -3.30.